The molecule has 0 aromatic carbocycles. The van der Waals surface area contributed by atoms with Crippen LogP contribution in [-0.4, -0.2) is 36.5 Å². The van der Waals surface area contributed by atoms with Gasteiger partial charge in [-0.15, -0.1) is 0 Å². The maximum absolute atomic E-state index is 9.26. The highest BCUT2D eigenvalue weighted by Gasteiger charge is 1.95. The molecule has 58 valence electrons. The van der Waals surface area contributed by atoms with Gasteiger partial charge in [0.25, 0.3) is 20.2 Å². The minimum absolute atomic E-state index is 0. The van der Waals surface area contributed by atoms with Crippen molar-refractivity contribution in [3.8, 4) is 0 Å². The van der Waals surface area contributed by atoms with Crippen molar-refractivity contribution in [2.24, 2.45) is 0 Å². The molecule has 0 rings (SSSR count). The van der Waals surface area contributed by atoms with Crippen LogP contribution in [0.15, 0.2) is 0 Å². The van der Waals surface area contributed by atoms with Crippen molar-refractivity contribution in [1.82, 2.24) is 0 Å². The average Bonchev–Trinajstić information content (AvgIpc) is 1.72. The Bertz CT molecular complexity index is 77.1. The molecule has 0 aliphatic carbocycles. The Morgan fingerprint density at radius 2 is 1.00 bits per heavy atom. The molecule has 6 nitrogen and oxygen atoms in total. The van der Waals surface area contributed by atoms with Gasteiger partial charge in [-0.1, -0.05) is 0 Å². The number of hydrogen-bond donors (Lipinski definition) is 4. The molecule has 0 aliphatic rings. The van der Waals surface area contributed by atoms with Crippen molar-refractivity contribution in [2.45, 2.75) is 0 Å². The van der Waals surface area contributed by atoms with Gasteiger partial charge in [0.1, 0.15) is 0 Å². The van der Waals surface area contributed by atoms with Gasteiger partial charge in [0.15, 0.2) is 0 Å². The lowest BCUT2D eigenvalue weighted by Crippen LogP contribution is -1.93. The van der Waals surface area contributed by atoms with Crippen LogP contribution in [0.1, 0.15) is 0 Å². The fourth-order valence-corrected chi connectivity index (χ4v) is 0. The van der Waals surface area contributed by atoms with Crippen LogP contribution in [0.2, 0.25) is 0 Å². The molecule has 0 fully saturated rings. The Balaban J connectivity index is -0.000000109. The van der Waals surface area contributed by atoms with Crippen molar-refractivity contribution in [1.29, 1.82) is 0 Å². The molecule has 9 heavy (non-hydrogen) atoms. The van der Waals surface area contributed by atoms with Gasteiger partial charge in [0, 0.05) is 0 Å². The van der Waals surface area contributed by atoms with Crippen LogP contribution in [-0.2, 0) is 20.2 Å². The smallest absolute Gasteiger partial charge is 0.274 e. The summed E-state index contributed by atoms with van der Waals surface area (Å²) in [6, 6.07) is 0. The van der Waals surface area contributed by atoms with Gasteiger partial charge in [-0.05, 0) is 0 Å². The zero-order chi connectivity index (χ0) is 7.15. The predicted octanol–water partition coefficient (Wildman–Crippen LogP) is -1.82. The van der Waals surface area contributed by atoms with Crippen LogP contribution in [0.5, 0.6) is 0 Å². The number of rotatable bonds is 1. The highest BCUT2D eigenvalue weighted by molar-refractivity contribution is 8.56. The molecule has 0 aromatic rings. The van der Waals surface area contributed by atoms with E-state index in [-0.39, 0.29) is 8.41 Å². The summed E-state index contributed by atoms with van der Waals surface area (Å²) in [5, 5.41) is 12.0. The minimum Gasteiger partial charge on any atom is -0.294 e. The maximum atomic E-state index is 9.26. The van der Waals surface area contributed by atoms with Crippen molar-refractivity contribution in [3.63, 3.8) is 0 Å². The Morgan fingerprint density at radius 1 is 0.889 bits per heavy atom. The van der Waals surface area contributed by atoms with Gasteiger partial charge in [0.05, 0.1) is 8.41 Å². The molecular weight excluding hydrogens is 171 g/mol. The summed E-state index contributed by atoms with van der Waals surface area (Å²) < 4.78 is 33.6. The molecule has 0 spiro atoms. The van der Waals surface area contributed by atoms with E-state index in [0.717, 1.165) is 0 Å². The highest BCUT2D eigenvalue weighted by atomic mass is 33.2. The maximum Gasteiger partial charge on any atom is 0.274 e. The normalized spacial score (nSPS) is 13.8. The molecule has 0 bridgehead atoms. The van der Waals surface area contributed by atoms with Gasteiger partial charge in [-0.25, -0.2) is 8.42 Å². The van der Waals surface area contributed by atoms with E-state index in [1.54, 1.807) is 0 Å². The SMILES string of the molecule is B.O=S(O)S(=O)O.OO. The zero-order valence-electron chi connectivity index (χ0n) is 3.42. The molecule has 0 saturated heterocycles. The molecule has 0 aliphatic heterocycles. The van der Waals surface area contributed by atoms with Gasteiger partial charge in [-0.3, -0.25) is 19.6 Å². The Labute approximate surface area is 57.4 Å². The zero-order valence-corrected chi connectivity index (χ0v) is 5.05. The van der Waals surface area contributed by atoms with Gasteiger partial charge >= 0.3 is 0 Å². The van der Waals surface area contributed by atoms with Crippen LogP contribution in [0, 0.1) is 0 Å². The molecule has 4 N–H and O–H groups in total. The molecule has 0 radical (unpaired) electrons. The van der Waals surface area contributed by atoms with Gasteiger partial charge < -0.3 is 0 Å². The molecule has 0 saturated carbocycles. The molecule has 0 aromatic heterocycles. The first-order chi connectivity index (χ1) is 3.64. The monoisotopic (exact) mass is 178 g/mol. The Kier molecular flexibility index (Phi) is 19.8. The number of hydrogen-bond acceptors (Lipinski definition) is 4. The highest BCUT2D eigenvalue weighted by Crippen LogP contribution is 1.74. The predicted molar refractivity (Wildman–Crippen MR) is 36.7 cm³/mol. The molecule has 2 atom stereocenters. The lowest BCUT2D eigenvalue weighted by molar-refractivity contribution is -0.176. The van der Waals surface area contributed by atoms with Crippen molar-refractivity contribution < 1.29 is 28.0 Å². The van der Waals surface area contributed by atoms with Crippen molar-refractivity contribution in [2.75, 3.05) is 0 Å². The molecule has 0 amide bonds. The lowest BCUT2D eigenvalue weighted by Gasteiger charge is -1.74. The quantitative estimate of drug-likeness (QED) is 0.123. The Hall–Kier alpha value is 0.205. The standard InChI is InChI=1S/BH3.H2O4S2.H2O2/c;1-5(2)6(3)4;1-2/h1H3;(H,1,2)(H,3,4);1-2H. The lowest BCUT2D eigenvalue weighted by atomic mass is 10.8. The van der Waals surface area contributed by atoms with Crippen molar-refractivity contribution in [3.05, 3.63) is 0 Å². The van der Waals surface area contributed by atoms with Crippen LogP contribution in [0.4, 0.5) is 0 Å². The van der Waals surface area contributed by atoms with Crippen LogP contribution >= 0.6 is 0 Å². The van der Waals surface area contributed by atoms with E-state index in [9.17, 15) is 8.42 Å². The summed E-state index contributed by atoms with van der Waals surface area (Å²) in [5.74, 6) is 0. The van der Waals surface area contributed by atoms with Crippen LogP contribution in [0.3, 0.4) is 0 Å². The summed E-state index contributed by atoms with van der Waals surface area (Å²) in [5.41, 5.74) is 0. The summed E-state index contributed by atoms with van der Waals surface area (Å²) in [4.78, 5) is 0. The van der Waals surface area contributed by atoms with E-state index in [4.69, 9.17) is 19.6 Å². The molecule has 2 unspecified atom stereocenters. The second-order valence-electron chi connectivity index (χ2n) is 0.434. The summed E-state index contributed by atoms with van der Waals surface area (Å²) in [7, 11) is -5.18. The first-order valence-corrected chi connectivity index (χ1v) is 3.80. The third-order valence-corrected chi connectivity index (χ3v) is 1.10. The first kappa shape index (κ1) is 16.1. The van der Waals surface area contributed by atoms with E-state index in [0.29, 0.717) is 0 Å². The topological polar surface area (TPSA) is 115 Å². The average molecular weight is 178 g/mol. The van der Waals surface area contributed by atoms with E-state index < -0.39 is 20.2 Å². The van der Waals surface area contributed by atoms with Crippen LogP contribution < -0.4 is 0 Å². The second-order valence-corrected chi connectivity index (χ2v) is 3.01. The van der Waals surface area contributed by atoms with Gasteiger partial charge in [0.2, 0.25) is 0 Å². The van der Waals surface area contributed by atoms with E-state index in [2.05, 4.69) is 0 Å². The van der Waals surface area contributed by atoms with E-state index >= 15 is 0 Å². The van der Waals surface area contributed by atoms with E-state index in [1.165, 1.54) is 0 Å². The first-order valence-electron chi connectivity index (χ1n) is 1.07. The van der Waals surface area contributed by atoms with Gasteiger partial charge in [-0.2, -0.15) is 0 Å². The third kappa shape index (κ3) is 17.9. The second kappa shape index (κ2) is 11.1. The van der Waals surface area contributed by atoms with Crippen LogP contribution in [0.25, 0.3) is 0 Å². The van der Waals surface area contributed by atoms with E-state index in [1.807, 2.05) is 0 Å². The van der Waals surface area contributed by atoms with Crippen molar-refractivity contribution >= 4 is 28.6 Å². The Morgan fingerprint density at radius 3 is 1.00 bits per heavy atom. The molecule has 0 heterocycles. The molecule has 9 heteroatoms. The largest absolute Gasteiger partial charge is 0.294 e. The third-order valence-electron chi connectivity index (χ3n) is 0.122. The summed E-state index contributed by atoms with van der Waals surface area (Å²) in [6.45, 7) is 0. The fourth-order valence-electron chi connectivity index (χ4n) is 0. The molecular formula is H7BO6S2. The minimum atomic E-state index is -2.59. The fraction of sp³-hybridized carbons (Fsp3) is 0. The summed E-state index contributed by atoms with van der Waals surface area (Å²) >= 11 is 0. The summed E-state index contributed by atoms with van der Waals surface area (Å²) in [6.07, 6.45) is 0.